The van der Waals surface area contributed by atoms with E-state index in [4.69, 9.17) is 11.6 Å². The monoisotopic (exact) mass is 433 g/mol. The van der Waals surface area contributed by atoms with E-state index in [2.05, 4.69) is 27.4 Å². The van der Waals surface area contributed by atoms with Crippen LogP contribution in [-0.2, 0) is 17.9 Å². The molecule has 0 spiro atoms. The molecule has 1 saturated carbocycles. The molecule has 0 aliphatic heterocycles. The van der Waals surface area contributed by atoms with E-state index in [0.29, 0.717) is 34.2 Å². The van der Waals surface area contributed by atoms with E-state index in [1.807, 2.05) is 4.57 Å². The maximum atomic E-state index is 12.4. The highest BCUT2D eigenvalue weighted by molar-refractivity contribution is 7.99. The van der Waals surface area contributed by atoms with Gasteiger partial charge in [0.05, 0.1) is 22.9 Å². The van der Waals surface area contributed by atoms with E-state index in [0.717, 1.165) is 12.8 Å². The summed E-state index contributed by atoms with van der Waals surface area (Å²) in [6, 6.07) is 7.15. The number of rotatable bonds is 9. The van der Waals surface area contributed by atoms with Gasteiger partial charge in [-0.2, -0.15) is 0 Å². The fraction of sp³-hybridized carbons (Fsp3) is 0.400. The van der Waals surface area contributed by atoms with Crippen LogP contribution in [0, 0.1) is 0 Å². The van der Waals surface area contributed by atoms with Crippen molar-refractivity contribution in [2.75, 3.05) is 5.75 Å². The number of aromatic nitrogens is 3. The fourth-order valence-corrected chi connectivity index (χ4v) is 4.24. The molecule has 29 heavy (non-hydrogen) atoms. The van der Waals surface area contributed by atoms with Gasteiger partial charge in [-0.3, -0.25) is 9.59 Å². The third-order valence-corrected chi connectivity index (χ3v) is 5.98. The molecule has 1 heterocycles. The van der Waals surface area contributed by atoms with Crippen molar-refractivity contribution in [2.24, 2.45) is 0 Å². The molecule has 2 N–H and O–H groups in total. The normalized spacial score (nSPS) is 14.0. The number of thioether (sulfide) groups is 1. The van der Waals surface area contributed by atoms with Gasteiger partial charge in [-0.15, -0.1) is 16.8 Å². The first kappa shape index (κ1) is 21.4. The lowest BCUT2D eigenvalue weighted by Crippen LogP contribution is -2.33. The number of carbonyl (C=O) groups is 2. The molecule has 0 atom stereocenters. The summed E-state index contributed by atoms with van der Waals surface area (Å²) >= 11 is 7.40. The maximum absolute atomic E-state index is 12.4. The molecule has 0 unspecified atom stereocenters. The quantitative estimate of drug-likeness (QED) is 0.468. The molecule has 1 aliphatic carbocycles. The molecular weight excluding hydrogens is 410 g/mol. The van der Waals surface area contributed by atoms with Crippen molar-refractivity contribution >= 4 is 35.2 Å². The van der Waals surface area contributed by atoms with Crippen molar-refractivity contribution in [1.82, 2.24) is 25.4 Å². The molecule has 1 aliphatic rings. The second kappa shape index (κ2) is 10.5. The molecule has 2 amide bonds. The summed E-state index contributed by atoms with van der Waals surface area (Å²) in [6.07, 6.45) is 6.19. The van der Waals surface area contributed by atoms with Crippen LogP contribution in [-0.4, -0.2) is 38.4 Å². The third-order valence-electron chi connectivity index (χ3n) is 4.68. The number of amides is 2. The smallest absolute Gasteiger partial charge is 0.253 e. The number of hydrogen-bond donors (Lipinski definition) is 2. The van der Waals surface area contributed by atoms with Gasteiger partial charge >= 0.3 is 0 Å². The Morgan fingerprint density at radius 3 is 2.76 bits per heavy atom. The molecule has 0 radical (unpaired) electrons. The van der Waals surface area contributed by atoms with Crippen molar-refractivity contribution in [2.45, 2.75) is 50.0 Å². The molecular formula is C20H24ClN5O2S. The van der Waals surface area contributed by atoms with E-state index in [1.165, 1.54) is 24.6 Å². The van der Waals surface area contributed by atoms with Gasteiger partial charge < -0.3 is 15.2 Å². The van der Waals surface area contributed by atoms with Crippen molar-refractivity contribution in [3.63, 3.8) is 0 Å². The van der Waals surface area contributed by atoms with E-state index < -0.39 is 0 Å². The molecule has 0 saturated heterocycles. The molecule has 9 heteroatoms. The Morgan fingerprint density at radius 2 is 2.03 bits per heavy atom. The minimum absolute atomic E-state index is 0.00336. The van der Waals surface area contributed by atoms with Crippen LogP contribution in [0.1, 0.15) is 41.9 Å². The number of nitrogens with zero attached hydrogens (tertiary/aromatic N) is 3. The number of benzene rings is 1. The summed E-state index contributed by atoms with van der Waals surface area (Å²) in [5.74, 6) is 0.583. The summed E-state index contributed by atoms with van der Waals surface area (Å²) < 4.78 is 1.84. The van der Waals surface area contributed by atoms with Gasteiger partial charge in [0, 0.05) is 12.6 Å². The number of carbonyl (C=O) groups excluding carboxylic acids is 2. The average Bonchev–Trinajstić information content (AvgIpc) is 3.35. The zero-order valence-electron chi connectivity index (χ0n) is 16.1. The van der Waals surface area contributed by atoms with Crippen molar-refractivity contribution in [3.8, 4) is 0 Å². The fourth-order valence-electron chi connectivity index (χ4n) is 3.24. The zero-order valence-corrected chi connectivity index (χ0v) is 17.6. The molecule has 2 aromatic rings. The van der Waals surface area contributed by atoms with Gasteiger partial charge in [0.1, 0.15) is 0 Å². The minimum atomic E-state index is -0.283. The average molecular weight is 434 g/mol. The van der Waals surface area contributed by atoms with Crippen LogP contribution in [0.15, 0.2) is 42.1 Å². The van der Waals surface area contributed by atoms with Gasteiger partial charge in [0.2, 0.25) is 5.91 Å². The predicted molar refractivity (Wildman–Crippen MR) is 114 cm³/mol. The zero-order chi connectivity index (χ0) is 20.6. The van der Waals surface area contributed by atoms with E-state index in [9.17, 15) is 9.59 Å². The standard InChI is InChI=1S/C20H24ClN5O2S/c1-2-11-26-17(12-22-19(28)15-9-5-6-10-16(15)21)24-25-20(26)29-13-18(27)23-14-7-3-4-8-14/h2,5-6,9-10,14H,1,3-4,7-8,11-13H2,(H,22,28)(H,23,27). The van der Waals surface area contributed by atoms with Crippen LogP contribution in [0.2, 0.25) is 5.02 Å². The summed E-state index contributed by atoms with van der Waals surface area (Å²) in [6.45, 7) is 4.44. The third kappa shape index (κ3) is 5.83. The first-order valence-corrected chi connectivity index (χ1v) is 10.9. The number of hydrogen-bond acceptors (Lipinski definition) is 5. The molecule has 3 rings (SSSR count). The molecule has 7 nitrogen and oxygen atoms in total. The number of allylic oxidation sites excluding steroid dienone is 1. The van der Waals surface area contributed by atoms with Crippen LogP contribution in [0.3, 0.4) is 0 Å². The summed E-state index contributed by atoms with van der Waals surface area (Å²) in [5.41, 5.74) is 0.405. The van der Waals surface area contributed by atoms with Crippen LogP contribution in [0.25, 0.3) is 0 Å². The molecule has 0 bridgehead atoms. The van der Waals surface area contributed by atoms with Crippen LogP contribution in [0.4, 0.5) is 0 Å². The van der Waals surface area contributed by atoms with Crippen LogP contribution >= 0.6 is 23.4 Å². The Balaban J connectivity index is 1.59. The van der Waals surface area contributed by atoms with E-state index >= 15 is 0 Å². The lowest BCUT2D eigenvalue weighted by atomic mass is 10.2. The highest BCUT2D eigenvalue weighted by Gasteiger charge is 2.19. The van der Waals surface area contributed by atoms with E-state index in [-0.39, 0.29) is 24.1 Å². The predicted octanol–water partition coefficient (Wildman–Crippen LogP) is 3.20. The van der Waals surface area contributed by atoms with Gasteiger partial charge in [-0.25, -0.2) is 0 Å². The van der Waals surface area contributed by atoms with Crippen molar-refractivity contribution < 1.29 is 9.59 Å². The first-order valence-electron chi connectivity index (χ1n) is 9.56. The minimum Gasteiger partial charge on any atom is -0.353 e. The molecule has 1 fully saturated rings. The summed E-state index contributed by atoms with van der Waals surface area (Å²) in [7, 11) is 0. The highest BCUT2D eigenvalue weighted by Crippen LogP contribution is 2.20. The molecule has 154 valence electrons. The summed E-state index contributed by atoms with van der Waals surface area (Å²) in [4.78, 5) is 24.5. The topological polar surface area (TPSA) is 88.9 Å². The van der Waals surface area contributed by atoms with Gasteiger partial charge in [0.15, 0.2) is 11.0 Å². The Labute approximate surface area is 179 Å². The summed E-state index contributed by atoms with van der Waals surface area (Å²) in [5, 5.41) is 15.2. The Kier molecular flexibility index (Phi) is 7.71. The first-order chi connectivity index (χ1) is 14.1. The Hall–Kier alpha value is -2.32. The van der Waals surface area contributed by atoms with Crippen LogP contribution < -0.4 is 10.6 Å². The SMILES string of the molecule is C=CCn1c(CNC(=O)c2ccccc2Cl)nnc1SCC(=O)NC1CCCC1. The lowest BCUT2D eigenvalue weighted by Gasteiger charge is -2.12. The molecule has 1 aromatic heterocycles. The maximum Gasteiger partial charge on any atom is 0.253 e. The van der Waals surface area contributed by atoms with E-state index in [1.54, 1.807) is 30.3 Å². The van der Waals surface area contributed by atoms with Gasteiger partial charge in [0.25, 0.3) is 5.91 Å². The van der Waals surface area contributed by atoms with Crippen LogP contribution in [0.5, 0.6) is 0 Å². The molecule has 1 aromatic carbocycles. The largest absolute Gasteiger partial charge is 0.353 e. The Bertz CT molecular complexity index is 880. The van der Waals surface area contributed by atoms with Gasteiger partial charge in [-0.1, -0.05) is 54.4 Å². The van der Waals surface area contributed by atoms with Crippen molar-refractivity contribution in [3.05, 3.63) is 53.3 Å². The van der Waals surface area contributed by atoms with Crippen molar-refractivity contribution in [1.29, 1.82) is 0 Å². The second-order valence-corrected chi connectivity index (χ2v) is 8.15. The lowest BCUT2D eigenvalue weighted by molar-refractivity contribution is -0.119. The van der Waals surface area contributed by atoms with Gasteiger partial charge in [-0.05, 0) is 25.0 Å². The second-order valence-electron chi connectivity index (χ2n) is 6.80. The number of halogens is 1. The highest BCUT2D eigenvalue weighted by atomic mass is 35.5. The number of nitrogens with one attached hydrogen (secondary N) is 2. The Morgan fingerprint density at radius 1 is 1.28 bits per heavy atom.